The van der Waals surface area contributed by atoms with E-state index < -0.39 is 0 Å². The Labute approximate surface area is 184 Å². The number of carbonyl (C=O) groups is 2. The number of likely N-dealkylation sites (tertiary alicyclic amines) is 2. The largest absolute Gasteiger partial charge is 0.352 e. The maximum Gasteiger partial charge on any atom is 0.254 e. The monoisotopic (exact) mass is 475 g/mol. The molecule has 1 aromatic heterocycles. The Hall–Kier alpha value is -1.70. The van der Waals surface area contributed by atoms with Gasteiger partial charge in [-0.25, -0.2) is 0 Å². The Balaban J connectivity index is 1.41. The van der Waals surface area contributed by atoms with Crippen LogP contribution in [0.1, 0.15) is 47.0 Å². The summed E-state index contributed by atoms with van der Waals surface area (Å²) in [6.07, 6.45) is 4.02. The summed E-state index contributed by atoms with van der Waals surface area (Å²) in [5, 5.41) is 5.25. The Morgan fingerprint density at radius 1 is 1.10 bits per heavy atom. The predicted octanol–water partition coefficient (Wildman–Crippen LogP) is 4.07. The maximum absolute atomic E-state index is 13.0. The summed E-state index contributed by atoms with van der Waals surface area (Å²) in [4.78, 5) is 31.4. The Morgan fingerprint density at radius 2 is 1.86 bits per heavy atom. The first-order chi connectivity index (χ1) is 14.1. The Bertz CT molecular complexity index is 834. The molecule has 2 amide bonds. The highest BCUT2D eigenvalue weighted by Gasteiger charge is 2.35. The summed E-state index contributed by atoms with van der Waals surface area (Å²) in [5.41, 5.74) is 0.626. The van der Waals surface area contributed by atoms with E-state index in [0.29, 0.717) is 18.7 Å². The van der Waals surface area contributed by atoms with Gasteiger partial charge in [0.2, 0.25) is 5.91 Å². The number of rotatable bonds is 6. The fraction of sp³-hybridized carbons (Fsp3) is 0.455. The molecule has 2 aliphatic rings. The minimum absolute atomic E-state index is 0.0336. The van der Waals surface area contributed by atoms with Gasteiger partial charge in [0, 0.05) is 28.0 Å². The van der Waals surface area contributed by atoms with Crippen LogP contribution in [0.3, 0.4) is 0 Å². The van der Waals surface area contributed by atoms with Crippen molar-refractivity contribution in [1.29, 1.82) is 0 Å². The van der Waals surface area contributed by atoms with Crippen LogP contribution in [0.5, 0.6) is 0 Å². The van der Waals surface area contributed by atoms with Gasteiger partial charge >= 0.3 is 0 Å². The lowest BCUT2D eigenvalue weighted by Gasteiger charge is -2.29. The average molecular weight is 476 g/mol. The number of thiophene rings is 1. The van der Waals surface area contributed by atoms with E-state index in [1.54, 1.807) is 28.4 Å². The highest BCUT2D eigenvalue weighted by molar-refractivity contribution is 9.10. The van der Waals surface area contributed by atoms with Gasteiger partial charge in [-0.05, 0) is 74.5 Å². The van der Waals surface area contributed by atoms with Crippen LogP contribution in [0, 0.1) is 0 Å². The molecule has 5 nitrogen and oxygen atoms in total. The van der Waals surface area contributed by atoms with Gasteiger partial charge in [-0.3, -0.25) is 14.5 Å². The topological polar surface area (TPSA) is 52.7 Å². The first kappa shape index (κ1) is 20.6. The van der Waals surface area contributed by atoms with E-state index in [9.17, 15) is 9.59 Å². The molecule has 0 spiro atoms. The molecular weight excluding hydrogens is 450 g/mol. The molecule has 0 saturated carbocycles. The van der Waals surface area contributed by atoms with Crippen molar-refractivity contribution >= 4 is 39.1 Å². The molecule has 154 valence electrons. The number of amides is 2. The maximum atomic E-state index is 13.0. The zero-order chi connectivity index (χ0) is 20.2. The molecule has 7 heteroatoms. The molecule has 2 unspecified atom stereocenters. The molecule has 0 aliphatic carbocycles. The molecule has 2 aromatic rings. The molecule has 2 atom stereocenters. The second-order valence-corrected chi connectivity index (χ2v) is 9.58. The lowest BCUT2D eigenvalue weighted by Crippen LogP contribution is -2.47. The summed E-state index contributed by atoms with van der Waals surface area (Å²) in [6.45, 7) is 3.38. The third-order valence-corrected chi connectivity index (χ3v) is 7.33. The van der Waals surface area contributed by atoms with Crippen molar-refractivity contribution in [2.45, 2.75) is 37.8 Å². The minimum Gasteiger partial charge on any atom is -0.352 e. The quantitative estimate of drug-likeness (QED) is 0.684. The standard InChI is InChI=1S/C22H26BrN3O2S/c23-17-9-7-16(8-10-17)22(28)26-13-3-5-18(26)21(27)24-15-19(20-6-4-14-29-20)25-11-1-2-12-25/h4,6-10,14,18-19H,1-3,5,11-13,15H2,(H,24,27). The van der Waals surface area contributed by atoms with Gasteiger partial charge in [-0.2, -0.15) is 0 Å². The summed E-state index contributed by atoms with van der Waals surface area (Å²) >= 11 is 5.14. The zero-order valence-electron chi connectivity index (χ0n) is 16.4. The van der Waals surface area contributed by atoms with E-state index in [1.165, 1.54) is 17.7 Å². The molecule has 3 heterocycles. The second-order valence-electron chi connectivity index (χ2n) is 7.68. The van der Waals surface area contributed by atoms with Crippen molar-refractivity contribution in [3.8, 4) is 0 Å². The first-order valence-electron chi connectivity index (χ1n) is 10.2. The van der Waals surface area contributed by atoms with Crippen LogP contribution in [0.15, 0.2) is 46.3 Å². The summed E-state index contributed by atoms with van der Waals surface area (Å²) in [7, 11) is 0. The van der Waals surface area contributed by atoms with Crippen molar-refractivity contribution in [3.63, 3.8) is 0 Å². The van der Waals surface area contributed by atoms with Crippen LogP contribution >= 0.6 is 27.3 Å². The number of carbonyl (C=O) groups excluding carboxylic acids is 2. The Kier molecular flexibility index (Phi) is 6.67. The number of nitrogens with zero attached hydrogens (tertiary/aromatic N) is 2. The Morgan fingerprint density at radius 3 is 2.55 bits per heavy atom. The van der Waals surface area contributed by atoms with Crippen LogP contribution in [0.4, 0.5) is 0 Å². The van der Waals surface area contributed by atoms with Gasteiger partial charge in [-0.1, -0.05) is 22.0 Å². The van der Waals surface area contributed by atoms with Crippen LogP contribution in [-0.2, 0) is 4.79 Å². The van der Waals surface area contributed by atoms with Gasteiger partial charge in [0.1, 0.15) is 6.04 Å². The average Bonchev–Trinajstić information content (AvgIpc) is 3.50. The molecule has 1 aromatic carbocycles. The van der Waals surface area contributed by atoms with E-state index in [2.05, 4.69) is 43.7 Å². The van der Waals surface area contributed by atoms with Crippen LogP contribution in [0.2, 0.25) is 0 Å². The molecule has 2 fully saturated rings. The van der Waals surface area contributed by atoms with E-state index >= 15 is 0 Å². The molecule has 0 bridgehead atoms. The fourth-order valence-electron chi connectivity index (χ4n) is 4.30. The molecular formula is C22H26BrN3O2S. The molecule has 1 N–H and O–H groups in total. The summed E-state index contributed by atoms with van der Waals surface area (Å²) in [5.74, 6) is -0.0989. The van der Waals surface area contributed by atoms with E-state index in [1.807, 2.05) is 12.1 Å². The van der Waals surface area contributed by atoms with E-state index in [-0.39, 0.29) is 23.9 Å². The molecule has 2 saturated heterocycles. The van der Waals surface area contributed by atoms with Gasteiger partial charge in [-0.15, -0.1) is 11.3 Å². The van der Waals surface area contributed by atoms with E-state index in [4.69, 9.17) is 0 Å². The van der Waals surface area contributed by atoms with Crippen molar-refractivity contribution in [3.05, 3.63) is 56.7 Å². The van der Waals surface area contributed by atoms with Crippen LogP contribution in [0.25, 0.3) is 0 Å². The summed E-state index contributed by atoms with van der Waals surface area (Å²) in [6, 6.07) is 11.4. The van der Waals surface area contributed by atoms with Crippen molar-refractivity contribution in [2.24, 2.45) is 0 Å². The zero-order valence-corrected chi connectivity index (χ0v) is 18.8. The minimum atomic E-state index is -0.381. The van der Waals surface area contributed by atoms with Crippen LogP contribution in [-0.4, -0.2) is 53.8 Å². The number of benzene rings is 1. The van der Waals surface area contributed by atoms with E-state index in [0.717, 1.165) is 30.4 Å². The molecule has 0 radical (unpaired) electrons. The number of nitrogens with one attached hydrogen (secondary N) is 1. The predicted molar refractivity (Wildman–Crippen MR) is 119 cm³/mol. The first-order valence-corrected chi connectivity index (χ1v) is 11.9. The van der Waals surface area contributed by atoms with Gasteiger partial charge in [0.15, 0.2) is 0 Å². The fourth-order valence-corrected chi connectivity index (χ4v) is 5.42. The van der Waals surface area contributed by atoms with Crippen molar-refractivity contribution in [2.75, 3.05) is 26.2 Å². The second kappa shape index (κ2) is 9.41. The highest BCUT2D eigenvalue weighted by atomic mass is 79.9. The number of hydrogen-bond acceptors (Lipinski definition) is 4. The normalized spacial score (nSPS) is 20.7. The smallest absolute Gasteiger partial charge is 0.254 e. The van der Waals surface area contributed by atoms with Gasteiger partial charge in [0.05, 0.1) is 6.04 Å². The SMILES string of the molecule is O=C(NCC(c1cccs1)N1CCCC1)C1CCCN1C(=O)c1ccc(Br)cc1. The van der Waals surface area contributed by atoms with Crippen molar-refractivity contribution in [1.82, 2.24) is 15.1 Å². The van der Waals surface area contributed by atoms with Crippen LogP contribution < -0.4 is 5.32 Å². The lowest BCUT2D eigenvalue weighted by molar-refractivity contribution is -0.125. The molecule has 4 rings (SSSR count). The highest BCUT2D eigenvalue weighted by Crippen LogP contribution is 2.28. The third-order valence-electron chi connectivity index (χ3n) is 5.83. The lowest BCUT2D eigenvalue weighted by atomic mass is 10.1. The number of hydrogen-bond donors (Lipinski definition) is 1. The molecule has 29 heavy (non-hydrogen) atoms. The molecule has 2 aliphatic heterocycles. The van der Waals surface area contributed by atoms with Gasteiger partial charge < -0.3 is 10.2 Å². The third kappa shape index (κ3) is 4.73. The number of halogens is 1. The van der Waals surface area contributed by atoms with Gasteiger partial charge in [0.25, 0.3) is 5.91 Å². The summed E-state index contributed by atoms with van der Waals surface area (Å²) < 4.78 is 0.936. The van der Waals surface area contributed by atoms with Crippen molar-refractivity contribution < 1.29 is 9.59 Å².